The first-order valence-corrected chi connectivity index (χ1v) is 11.5. The fourth-order valence-electron chi connectivity index (χ4n) is 4.43. The SMILES string of the molecule is C=NN(C)C1=C(CN)CC=C1CN1c2ccc(C)c(/C=C\N(C)Nc3ccc(CC)cc3)c21. The summed E-state index contributed by atoms with van der Waals surface area (Å²) < 4.78 is 0. The second-order valence-corrected chi connectivity index (χ2v) is 8.59. The first-order chi connectivity index (χ1) is 16.0. The summed E-state index contributed by atoms with van der Waals surface area (Å²) in [5.74, 6) is 0. The van der Waals surface area contributed by atoms with Crippen molar-refractivity contribution in [2.24, 2.45) is 10.8 Å². The summed E-state index contributed by atoms with van der Waals surface area (Å²) in [6.45, 7) is 9.37. The summed E-state index contributed by atoms with van der Waals surface area (Å²) in [4.78, 5) is 2.37. The quantitative estimate of drug-likeness (QED) is 0.307. The molecule has 0 bridgehead atoms. The number of hydrogen-bond acceptors (Lipinski definition) is 6. The van der Waals surface area contributed by atoms with Gasteiger partial charge >= 0.3 is 0 Å². The fourth-order valence-corrected chi connectivity index (χ4v) is 4.43. The summed E-state index contributed by atoms with van der Waals surface area (Å²) in [5.41, 5.74) is 20.5. The highest BCUT2D eigenvalue weighted by atomic mass is 15.5. The predicted octanol–water partition coefficient (Wildman–Crippen LogP) is 5.03. The van der Waals surface area contributed by atoms with Crippen molar-refractivity contribution in [3.63, 3.8) is 0 Å². The summed E-state index contributed by atoms with van der Waals surface area (Å²) in [6, 6.07) is 13.0. The van der Waals surface area contributed by atoms with Crippen LogP contribution in [0.1, 0.15) is 30.0 Å². The first-order valence-electron chi connectivity index (χ1n) is 11.5. The van der Waals surface area contributed by atoms with E-state index in [1.165, 1.54) is 39.2 Å². The standard InChI is InChI=1S/C27H34N6/c1-6-20-8-12-23(13-9-20)30-31(4)16-15-24-19(2)7-14-25-27(24)33(25)18-22-11-10-21(17-28)26(22)32(5)29-3/h7-9,11-16,30H,3,6,10,17-18,28H2,1-2,4-5H3/b16-15-. The Hall–Kier alpha value is -3.51. The molecule has 0 unspecified atom stereocenters. The van der Waals surface area contributed by atoms with Crippen molar-refractivity contribution in [2.45, 2.75) is 26.7 Å². The maximum atomic E-state index is 5.98. The molecular weight excluding hydrogens is 408 g/mol. The number of hydrazone groups is 1. The summed E-state index contributed by atoms with van der Waals surface area (Å²) in [5, 5.41) is 7.94. The van der Waals surface area contributed by atoms with Gasteiger partial charge < -0.3 is 10.6 Å². The maximum Gasteiger partial charge on any atom is 0.0732 e. The Balaban J connectivity index is 1.47. The van der Waals surface area contributed by atoms with Crippen LogP contribution in [0.25, 0.3) is 6.08 Å². The van der Waals surface area contributed by atoms with Crippen molar-refractivity contribution in [1.82, 2.24) is 10.0 Å². The molecule has 1 heterocycles. The third-order valence-electron chi connectivity index (χ3n) is 6.40. The van der Waals surface area contributed by atoms with Crippen molar-refractivity contribution in [2.75, 3.05) is 37.5 Å². The zero-order valence-corrected chi connectivity index (χ0v) is 20.1. The average Bonchev–Trinajstić information content (AvgIpc) is 3.35. The number of aryl methyl sites for hydroxylation is 2. The van der Waals surface area contributed by atoms with Crippen LogP contribution in [0.4, 0.5) is 17.1 Å². The second kappa shape index (κ2) is 9.55. The van der Waals surface area contributed by atoms with E-state index >= 15 is 0 Å². The Bertz CT molecular complexity index is 1130. The van der Waals surface area contributed by atoms with E-state index in [-0.39, 0.29) is 0 Å². The minimum absolute atomic E-state index is 0.537. The Kier molecular flexibility index (Phi) is 6.56. The molecule has 1 aliphatic heterocycles. The van der Waals surface area contributed by atoms with Gasteiger partial charge in [-0.3, -0.25) is 15.4 Å². The molecule has 2 aromatic carbocycles. The first kappa shape index (κ1) is 22.7. The number of nitrogens with one attached hydrogen (secondary N) is 1. The van der Waals surface area contributed by atoms with Gasteiger partial charge in [0.15, 0.2) is 0 Å². The minimum atomic E-state index is 0.537. The number of nitrogens with zero attached hydrogens (tertiary/aromatic N) is 4. The highest BCUT2D eigenvalue weighted by Gasteiger charge is 2.34. The smallest absolute Gasteiger partial charge is 0.0732 e. The van der Waals surface area contributed by atoms with E-state index in [4.69, 9.17) is 5.73 Å². The average molecular weight is 443 g/mol. The molecular formula is C27H34N6. The molecule has 0 saturated heterocycles. The monoisotopic (exact) mass is 442 g/mol. The molecule has 33 heavy (non-hydrogen) atoms. The number of benzene rings is 2. The van der Waals surface area contributed by atoms with Gasteiger partial charge in [0.1, 0.15) is 0 Å². The topological polar surface area (TPSA) is 59.9 Å². The van der Waals surface area contributed by atoms with E-state index in [1.54, 1.807) is 0 Å². The van der Waals surface area contributed by atoms with Gasteiger partial charge in [0, 0.05) is 39.1 Å². The normalized spacial score (nSPS) is 14.5. The van der Waals surface area contributed by atoms with E-state index < -0.39 is 0 Å². The van der Waals surface area contributed by atoms with Crippen LogP contribution in [0, 0.1) is 6.92 Å². The summed E-state index contributed by atoms with van der Waals surface area (Å²) in [7, 11) is 3.95. The number of likely N-dealkylation sites (N-methyl/N-ethyl adjacent to an activating group) is 1. The molecule has 3 N–H and O–H groups in total. The van der Waals surface area contributed by atoms with Crippen LogP contribution in [0.2, 0.25) is 0 Å². The Labute approximate surface area is 197 Å². The van der Waals surface area contributed by atoms with Crippen molar-refractivity contribution in [3.05, 3.63) is 82.2 Å². The molecule has 0 fully saturated rings. The lowest BCUT2D eigenvalue weighted by Crippen LogP contribution is -2.19. The van der Waals surface area contributed by atoms with Crippen LogP contribution in [-0.4, -0.2) is 43.9 Å². The second-order valence-electron chi connectivity index (χ2n) is 8.59. The third kappa shape index (κ3) is 4.66. The van der Waals surface area contributed by atoms with Crippen LogP contribution >= 0.6 is 0 Å². The molecule has 0 spiro atoms. The van der Waals surface area contributed by atoms with Crippen molar-refractivity contribution < 1.29 is 0 Å². The Morgan fingerprint density at radius 2 is 1.94 bits per heavy atom. The molecule has 1 aliphatic carbocycles. The number of rotatable bonds is 10. The lowest BCUT2D eigenvalue weighted by Gasteiger charge is -2.20. The lowest BCUT2D eigenvalue weighted by molar-refractivity contribution is 0.453. The van der Waals surface area contributed by atoms with Crippen LogP contribution in [0.15, 0.2) is 70.6 Å². The predicted molar refractivity (Wildman–Crippen MR) is 141 cm³/mol. The molecule has 4 rings (SSSR count). The molecule has 6 nitrogen and oxygen atoms in total. The Morgan fingerprint density at radius 1 is 1.18 bits per heavy atom. The van der Waals surface area contributed by atoms with Crippen LogP contribution in [-0.2, 0) is 6.42 Å². The molecule has 0 amide bonds. The molecule has 0 saturated carbocycles. The Morgan fingerprint density at radius 3 is 2.61 bits per heavy atom. The summed E-state index contributed by atoms with van der Waals surface area (Å²) in [6.07, 6.45) is 8.46. The van der Waals surface area contributed by atoms with Gasteiger partial charge in [-0.05, 0) is 66.3 Å². The largest absolute Gasteiger partial charge is 0.333 e. The number of nitrogens with two attached hydrogens (primary N) is 1. The number of anilines is 3. The molecule has 172 valence electrons. The van der Waals surface area contributed by atoms with Crippen molar-refractivity contribution >= 4 is 29.9 Å². The van der Waals surface area contributed by atoms with Crippen molar-refractivity contribution in [3.8, 4) is 0 Å². The van der Waals surface area contributed by atoms with Gasteiger partial charge in [-0.2, -0.15) is 5.10 Å². The molecule has 0 atom stereocenters. The molecule has 6 heteroatoms. The lowest BCUT2D eigenvalue weighted by atomic mass is 10.1. The van der Waals surface area contributed by atoms with Gasteiger partial charge in [-0.25, -0.2) is 0 Å². The van der Waals surface area contributed by atoms with Gasteiger partial charge in [-0.15, -0.1) is 0 Å². The molecule has 0 aromatic heterocycles. The van der Waals surface area contributed by atoms with E-state index in [2.05, 4.69) is 90.7 Å². The zero-order chi connectivity index (χ0) is 23.5. The summed E-state index contributed by atoms with van der Waals surface area (Å²) >= 11 is 0. The van der Waals surface area contributed by atoms with Gasteiger partial charge in [0.05, 0.1) is 29.3 Å². The van der Waals surface area contributed by atoms with Gasteiger partial charge in [0.2, 0.25) is 0 Å². The molecule has 0 radical (unpaired) electrons. The number of hydrogen-bond donors (Lipinski definition) is 2. The van der Waals surface area contributed by atoms with Crippen molar-refractivity contribution in [1.29, 1.82) is 0 Å². The molecule has 2 aliphatic rings. The van der Waals surface area contributed by atoms with E-state index in [9.17, 15) is 0 Å². The third-order valence-corrected chi connectivity index (χ3v) is 6.40. The number of fused-ring (bicyclic) bond motifs is 1. The highest BCUT2D eigenvalue weighted by molar-refractivity contribution is 6.00. The van der Waals surface area contributed by atoms with E-state index in [0.29, 0.717) is 6.54 Å². The van der Waals surface area contributed by atoms with Gasteiger partial charge in [-0.1, -0.05) is 31.2 Å². The van der Waals surface area contributed by atoms with Crippen LogP contribution < -0.4 is 16.1 Å². The van der Waals surface area contributed by atoms with E-state index in [1.807, 2.05) is 24.1 Å². The van der Waals surface area contributed by atoms with Crippen LogP contribution in [0.3, 0.4) is 0 Å². The van der Waals surface area contributed by atoms with E-state index in [0.717, 1.165) is 30.8 Å². The molecule has 2 aromatic rings. The zero-order valence-electron chi connectivity index (χ0n) is 20.1. The fraction of sp³-hybridized carbons (Fsp3) is 0.296. The number of hydrazine groups is 1. The number of allylic oxidation sites excluding steroid dienone is 1. The maximum absolute atomic E-state index is 5.98. The van der Waals surface area contributed by atoms with Gasteiger partial charge in [0.25, 0.3) is 0 Å². The highest BCUT2D eigenvalue weighted by Crippen LogP contribution is 2.53. The minimum Gasteiger partial charge on any atom is -0.333 e. The van der Waals surface area contributed by atoms with Crippen LogP contribution in [0.5, 0.6) is 0 Å².